The van der Waals surface area contributed by atoms with E-state index in [1.54, 1.807) is 0 Å². The van der Waals surface area contributed by atoms with Gasteiger partial charge in [0.05, 0.1) is 4.75 Å². The Balaban J connectivity index is 1.60. The van der Waals surface area contributed by atoms with Crippen LogP contribution in [0, 0.1) is 0 Å². The third kappa shape index (κ3) is 2.99. The van der Waals surface area contributed by atoms with Crippen LogP contribution >= 0.6 is 0 Å². The minimum Gasteiger partial charge on any atom is -0.312 e. The Kier molecular flexibility index (Phi) is 4.06. The van der Waals surface area contributed by atoms with Crippen molar-refractivity contribution in [3.05, 3.63) is 29.6 Å². The smallest absolute Gasteiger partial charge is 0.154 e. The molecule has 0 radical (unpaired) electrons. The summed E-state index contributed by atoms with van der Waals surface area (Å²) in [6, 6.07) is 4.56. The first-order chi connectivity index (χ1) is 10.0. The molecular formula is C16H24N2O2S. The molecule has 2 aliphatic rings. The van der Waals surface area contributed by atoms with Gasteiger partial charge < -0.3 is 5.32 Å². The molecule has 0 saturated heterocycles. The van der Waals surface area contributed by atoms with Crippen molar-refractivity contribution in [2.45, 2.75) is 55.7 Å². The average molecular weight is 308 g/mol. The summed E-state index contributed by atoms with van der Waals surface area (Å²) in [4.78, 5) is 4.47. The topological polar surface area (TPSA) is 59.1 Å². The van der Waals surface area contributed by atoms with Gasteiger partial charge in [-0.15, -0.1) is 0 Å². The minimum absolute atomic E-state index is 0.401. The van der Waals surface area contributed by atoms with Gasteiger partial charge in [0.1, 0.15) is 0 Å². The number of nitrogens with one attached hydrogen (secondary N) is 1. The predicted octanol–water partition coefficient (Wildman–Crippen LogP) is 1.89. The molecular weight excluding hydrogens is 284 g/mol. The van der Waals surface area contributed by atoms with Gasteiger partial charge in [-0.2, -0.15) is 0 Å². The third-order valence-corrected chi connectivity index (χ3v) is 7.37. The largest absolute Gasteiger partial charge is 0.312 e. The van der Waals surface area contributed by atoms with Gasteiger partial charge in [0.15, 0.2) is 9.84 Å². The second kappa shape index (κ2) is 5.69. The van der Waals surface area contributed by atoms with E-state index in [0.29, 0.717) is 12.6 Å². The maximum absolute atomic E-state index is 12.0. The van der Waals surface area contributed by atoms with Crippen molar-refractivity contribution in [2.75, 3.05) is 12.8 Å². The molecule has 1 unspecified atom stereocenters. The van der Waals surface area contributed by atoms with Crippen molar-refractivity contribution in [3.63, 3.8) is 0 Å². The van der Waals surface area contributed by atoms with Crippen molar-refractivity contribution < 1.29 is 8.42 Å². The van der Waals surface area contributed by atoms with Crippen molar-refractivity contribution in [1.29, 1.82) is 0 Å². The lowest BCUT2D eigenvalue weighted by Gasteiger charge is -2.41. The van der Waals surface area contributed by atoms with Gasteiger partial charge in [0, 0.05) is 30.7 Å². The molecule has 3 rings (SSSR count). The quantitative estimate of drug-likeness (QED) is 0.863. The van der Waals surface area contributed by atoms with Crippen LogP contribution in [-0.2, 0) is 22.7 Å². The lowest BCUT2D eigenvalue weighted by Crippen LogP contribution is -2.53. The Morgan fingerprint density at radius 1 is 1.33 bits per heavy atom. The van der Waals surface area contributed by atoms with Gasteiger partial charge in [-0.05, 0) is 50.2 Å². The molecule has 21 heavy (non-hydrogen) atoms. The van der Waals surface area contributed by atoms with Crippen LogP contribution in [0.2, 0.25) is 0 Å². The highest BCUT2D eigenvalue weighted by Crippen LogP contribution is 2.38. The highest BCUT2D eigenvalue weighted by atomic mass is 32.2. The highest BCUT2D eigenvalue weighted by Gasteiger charge is 2.46. The molecule has 1 heterocycles. The van der Waals surface area contributed by atoms with Crippen LogP contribution in [0.5, 0.6) is 0 Å². The monoisotopic (exact) mass is 308 g/mol. The van der Waals surface area contributed by atoms with E-state index in [4.69, 9.17) is 0 Å². The van der Waals surface area contributed by atoms with Crippen molar-refractivity contribution >= 4 is 9.84 Å². The molecule has 1 fully saturated rings. The maximum atomic E-state index is 12.0. The summed E-state index contributed by atoms with van der Waals surface area (Å²) in [5.74, 6) is 0. The highest BCUT2D eigenvalue weighted by molar-refractivity contribution is 7.92. The number of hydrogen-bond acceptors (Lipinski definition) is 4. The van der Waals surface area contributed by atoms with E-state index in [-0.39, 0.29) is 0 Å². The molecule has 0 aliphatic heterocycles. The molecule has 2 aliphatic carbocycles. The number of hydrogen-bond donors (Lipinski definition) is 1. The van der Waals surface area contributed by atoms with E-state index in [0.717, 1.165) is 44.9 Å². The summed E-state index contributed by atoms with van der Waals surface area (Å²) < 4.78 is 23.5. The SMILES string of the molecule is CS(=O)(=O)C1(CNC2CCc3cccnc3CC2)CCC1. The number of pyridine rings is 1. The first kappa shape index (κ1) is 15.0. The molecule has 5 heteroatoms. The van der Waals surface area contributed by atoms with E-state index >= 15 is 0 Å². The molecule has 1 aromatic rings. The lowest BCUT2D eigenvalue weighted by atomic mass is 9.84. The molecule has 1 N–H and O–H groups in total. The standard InChI is InChI=1S/C16H24N2O2S/c1-21(19,20)16(9-3-10-16)12-18-14-6-5-13-4-2-11-17-15(13)8-7-14/h2,4,11,14,18H,3,5-10,12H2,1H3. The van der Waals surface area contributed by atoms with Crippen molar-refractivity contribution in [3.8, 4) is 0 Å². The summed E-state index contributed by atoms with van der Waals surface area (Å²) in [6.45, 7) is 0.611. The average Bonchev–Trinajstić information content (AvgIpc) is 2.59. The van der Waals surface area contributed by atoms with Gasteiger partial charge in [0.25, 0.3) is 0 Å². The fourth-order valence-corrected chi connectivity index (χ4v) is 4.87. The summed E-state index contributed by atoms with van der Waals surface area (Å²) in [5, 5.41) is 3.54. The zero-order chi connectivity index (χ0) is 14.9. The molecule has 0 spiro atoms. The Morgan fingerprint density at radius 2 is 2.10 bits per heavy atom. The number of nitrogens with zero attached hydrogens (tertiary/aromatic N) is 1. The molecule has 0 aromatic carbocycles. The van der Waals surface area contributed by atoms with Crippen LogP contribution < -0.4 is 5.32 Å². The fraction of sp³-hybridized carbons (Fsp3) is 0.688. The van der Waals surface area contributed by atoms with Crippen LogP contribution in [0.25, 0.3) is 0 Å². The van der Waals surface area contributed by atoms with Gasteiger partial charge in [0.2, 0.25) is 0 Å². The van der Waals surface area contributed by atoms with Crippen molar-refractivity contribution in [1.82, 2.24) is 10.3 Å². The van der Waals surface area contributed by atoms with Crippen molar-refractivity contribution in [2.24, 2.45) is 0 Å². The number of aryl methyl sites for hydroxylation is 2. The first-order valence-electron chi connectivity index (χ1n) is 7.86. The Hall–Kier alpha value is -0.940. The second-order valence-corrected chi connectivity index (χ2v) is 8.98. The number of fused-ring (bicyclic) bond motifs is 1. The van der Waals surface area contributed by atoms with Crippen LogP contribution in [0.15, 0.2) is 18.3 Å². The molecule has 1 aromatic heterocycles. The Bertz CT molecular complexity index is 581. The van der Waals surface area contributed by atoms with Crippen LogP contribution in [0.3, 0.4) is 0 Å². The van der Waals surface area contributed by atoms with Gasteiger partial charge in [-0.1, -0.05) is 12.5 Å². The first-order valence-corrected chi connectivity index (χ1v) is 9.75. The number of rotatable bonds is 4. The minimum atomic E-state index is -2.97. The zero-order valence-electron chi connectivity index (χ0n) is 12.6. The summed E-state index contributed by atoms with van der Waals surface area (Å²) in [7, 11) is -2.97. The van der Waals surface area contributed by atoms with Gasteiger partial charge in [-0.3, -0.25) is 4.98 Å². The third-order valence-electron chi connectivity index (χ3n) is 5.24. The lowest BCUT2D eigenvalue weighted by molar-refractivity contribution is 0.303. The number of sulfone groups is 1. The summed E-state index contributed by atoms with van der Waals surface area (Å²) in [6.07, 6.45) is 10.0. The summed E-state index contributed by atoms with van der Waals surface area (Å²) >= 11 is 0. The second-order valence-electron chi connectivity index (χ2n) is 6.57. The normalized spacial score (nSPS) is 24.7. The van der Waals surface area contributed by atoms with Crippen LogP contribution in [-0.4, -0.2) is 37.0 Å². The molecule has 4 nitrogen and oxygen atoms in total. The fourth-order valence-electron chi connectivity index (χ4n) is 3.49. The molecule has 116 valence electrons. The van der Waals surface area contributed by atoms with Crippen LogP contribution in [0.4, 0.5) is 0 Å². The van der Waals surface area contributed by atoms with E-state index in [9.17, 15) is 8.42 Å². The van der Waals surface area contributed by atoms with E-state index in [1.807, 2.05) is 12.3 Å². The predicted molar refractivity (Wildman–Crippen MR) is 84.1 cm³/mol. The van der Waals surface area contributed by atoms with Gasteiger partial charge >= 0.3 is 0 Å². The van der Waals surface area contributed by atoms with Gasteiger partial charge in [-0.25, -0.2) is 8.42 Å². The van der Waals surface area contributed by atoms with E-state index in [2.05, 4.69) is 16.4 Å². The number of aromatic nitrogens is 1. The molecule has 0 amide bonds. The summed E-state index contributed by atoms with van der Waals surface area (Å²) in [5.41, 5.74) is 2.56. The Labute approximate surface area is 127 Å². The maximum Gasteiger partial charge on any atom is 0.154 e. The molecule has 1 atom stereocenters. The van der Waals surface area contributed by atoms with Crippen LogP contribution in [0.1, 0.15) is 43.4 Å². The Morgan fingerprint density at radius 3 is 2.76 bits per heavy atom. The van der Waals surface area contributed by atoms with E-state index < -0.39 is 14.6 Å². The van der Waals surface area contributed by atoms with E-state index in [1.165, 1.54) is 17.5 Å². The molecule has 1 saturated carbocycles. The molecule has 0 bridgehead atoms. The zero-order valence-corrected chi connectivity index (χ0v) is 13.5.